The minimum absolute atomic E-state index is 0.0560. The molecule has 0 aromatic heterocycles. The van der Waals surface area contributed by atoms with E-state index >= 15 is 0 Å². The third kappa shape index (κ3) is 1.83. The number of aromatic hydroxyl groups is 1. The summed E-state index contributed by atoms with van der Waals surface area (Å²) in [6.45, 7) is 4.68. The van der Waals surface area contributed by atoms with Gasteiger partial charge in [0.15, 0.2) is 11.5 Å². The molecule has 1 fully saturated rings. The predicted molar refractivity (Wildman–Crippen MR) is 57.1 cm³/mol. The van der Waals surface area contributed by atoms with Gasteiger partial charge in [0.2, 0.25) is 0 Å². The van der Waals surface area contributed by atoms with Gasteiger partial charge < -0.3 is 14.6 Å². The first-order chi connectivity index (χ1) is 7.22. The van der Waals surface area contributed by atoms with E-state index in [-0.39, 0.29) is 11.9 Å². The zero-order chi connectivity index (χ0) is 10.8. The van der Waals surface area contributed by atoms with Crippen molar-refractivity contribution in [1.29, 1.82) is 0 Å². The summed E-state index contributed by atoms with van der Waals surface area (Å²) in [4.78, 5) is 0. The average Bonchev–Trinajstić information content (AvgIpc) is 2.65. The Bertz CT molecular complexity index is 384. The molecule has 15 heavy (non-hydrogen) atoms. The van der Waals surface area contributed by atoms with Crippen LogP contribution in [0.5, 0.6) is 11.5 Å². The summed E-state index contributed by atoms with van der Waals surface area (Å²) in [5.74, 6) is 0.612. The van der Waals surface area contributed by atoms with Crippen LogP contribution < -0.4 is 4.74 Å². The molecule has 0 radical (unpaired) electrons. The lowest BCUT2D eigenvalue weighted by Crippen LogP contribution is -1.98. The largest absolute Gasteiger partial charge is 0.504 e. The first-order valence-corrected chi connectivity index (χ1v) is 4.88. The summed E-state index contributed by atoms with van der Waals surface area (Å²) in [5.41, 5.74) is 2.05. The minimum Gasteiger partial charge on any atom is -0.504 e. The monoisotopic (exact) mass is 206 g/mol. The highest BCUT2D eigenvalue weighted by atomic mass is 16.5. The highest BCUT2D eigenvalue weighted by Crippen LogP contribution is 2.36. The van der Waals surface area contributed by atoms with Crippen molar-refractivity contribution in [1.82, 2.24) is 0 Å². The topological polar surface area (TPSA) is 38.7 Å². The molecule has 1 aliphatic heterocycles. The Kier molecular flexibility index (Phi) is 2.64. The summed E-state index contributed by atoms with van der Waals surface area (Å²) >= 11 is 0. The molecule has 1 aromatic rings. The Balaban J connectivity index is 2.32. The van der Waals surface area contributed by atoms with Crippen molar-refractivity contribution in [3.05, 3.63) is 35.9 Å². The van der Waals surface area contributed by atoms with E-state index in [1.165, 1.54) is 7.11 Å². The van der Waals surface area contributed by atoms with Gasteiger partial charge in [0.05, 0.1) is 13.7 Å². The Morgan fingerprint density at radius 3 is 2.93 bits per heavy atom. The Hall–Kier alpha value is -1.48. The molecule has 1 N–H and O–H groups in total. The molecule has 1 saturated heterocycles. The smallest absolute Gasteiger partial charge is 0.160 e. The molecule has 0 aliphatic carbocycles. The Morgan fingerprint density at radius 2 is 2.33 bits per heavy atom. The van der Waals surface area contributed by atoms with Gasteiger partial charge in [0.25, 0.3) is 0 Å². The summed E-state index contributed by atoms with van der Waals surface area (Å²) < 4.78 is 10.6. The van der Waals surface area contributed by atoms with E-state index in [1.54, 1.807) is 12.1 Å². The van der Waals surface area contributed by atoms with Gasteiger partial charge in [-0.25, -0.2) is 0 Å². The number of hydrogen-bond acceptors (Lipinski definition) is 3. The molecule has 1 unspecified atom stereocenters. The third-order valence-electron chi connectivity index (χ3n) is 2.59. The van der Waals surface area contributed by atoms with Crippen LogP contribution >= 0.6 is 0 Å². The second kappa shape index (κ2) is 3.95. The highest BCUT2D eigenvalue weighted by Gasteiger charge is 2.22. The second-order valence-electron chi connectivity index (χ2n) is 3.59. The molecule has 1 aliphatic rings. The standard InChI is InChI=1S/C12H14O3/c1-8-5-6-15-12(8)9-3-4-10(13)11(7-9)14-2/h3-4,7,12-13H,1,5-6H2,2H3. The van der Waals surface area contributed by atoms with Crippen molar-refractivity contribution < 1.29 is 14.6 Å². The maximum Gasteiger partial charge on any atom is 0.160 e. The van der Waals surface area contributed by atoms with Gasteiger partial charge in [0, 0.05) is 0 Å². The summed E-state index contributed by atoms with van der Waals surface area (Å²) in [6.07, 6.45) is 0.841. The second-order valence-corrected chi connectivity index (χ2v) is 3.59. The van der Waals surface area contributed by atoms with Crippen LogP contribution in [0.25, 0.3) is 0 Å². The van der Waals surface area contributed by atoms with E-state index in [0.29, 0.717) is 12.4 Å². The van der Waals surface area contributed by atoms with Crippen molar-refractivity contribution in [2.24, 2.45) is 0 Å². The predicted octanol–water partition coefficient (Wildman–Crippen LogP) is 2.42. The third-order valence-corrected chi connectivity index (χ3v) is 2.59. The van der Waals surface area contributed by atoms with Crippen LogP contribution in [-0.4, -0.2) is 18.8 Å². The van der Waals surface area contributed by atoms with E-state index in [9.17, 15) is 5.11 Å². The first-order valence-electron chi connectivity index (χ1n) is 4.88. The fraction of sp³-hybridized carbons (Fsp3) is 0.333. The molecule has 0 bridgehead atoms. The molecule has 0 saturated carbocycles. The molecule has 1 heterocycles. The van der Waals surface area contributed by atoms with Gasteiger partial charge >= 0.3 is 0 Å². The van der Waals surface area contributed by atoms with Crippen LogP contribution in [0.15, 0.2) is 30.4 Å². The lowest BCUT2D eigenvalue weighted by molar-refractivity contribution is 0.125. The van der Waals surface area contributed by atoms with Gasteiger partial charge in [-0.05, 0) is 29.7 Å². The quantitative estimate of drug-likeness (QED) is 0.755. The minimum atomic E-state index is -0.0560. The van der Waals surface area contributed by atoms with Crippen molar-refractivity contribution in [2.75, 3.05) is 13.7 Å². The van der Waals surface area contributed by atoms with E-state index in [4.69, 9.17) is 9.47 Å². The average molecular weight is 206 g/mol. The van der Waals surface area contributed by atoms with Gasteiger partial charge in [-0.3, -0.25) is 0 Å². The summed E-state index contributed by atoms with van der Waals surface area (Å²) in [5, 5.41) is 9.46. The number of phenols is 1. The molecule has 1 aromatic carbocycles. The lowest BCUT2D eigenvalue weighted by Gasteiger charge is -2.13. The molecular formula is C12H14O3. The molecule has 0 spiro atoms. The lowest BCUT2D eigenvalue weighted by atomic mass is 10.0. The van der Waals surface area contributed by atoms with Crippen LogP contribution in [0.3, 0.4) is 0 Å². The van der Waals surface area contributed by atoms with Crippen LogP contribution in [-0.2, 0) is 4.74 Å². The Labute approximate surface area is 88.9 Å². The maximum absolute atomic E-state index is 9.46. The Morgan fingerprint density at radius 1 is 1.53 bits per heavy atom. The summed E-state index contributed by atoms with van der Waals surface area (Å²) in [6, 6.07) is 5.23. The number of rotatable bonds is 2. The van der Waals surface area contributed by atoms with Crippen molar-refractivity contribution in [3.63, 3.8) is 0 Å². The van der Waals surface area contributed by atoms with Gasteiger partial charge in [-0.1, -0.05) is 12.6 Å². The van der Waals surface area contributed by atoms with Gasteiger partial charge in [-0.2, -0.15) is 0 Å². The normalized spacial score (nSPS) is 20.6. The first kappa shape index (κ1) is 10.1. The van der Waals surface area contributed by atoms with Crippen molar-refractivity contribution in [3.8, 4) is 11.5 Å². The molecule has 3 nitrogen and oxygen atoms in total. The molecular weight excluding hydrogens is 192 g/mol. The molecule has 2 rings (SSSR count). The number of ether oxygens (including phenoxy) is 2. The van der Waals surface area contributed by atoms with Crippen molar-refractivity contribution in [2.45, 2.75) is 12.5 Å². The summed E-state index contributed by atoms with van der Waals surface area (Å²) in [7, 11) is 1.53. The van der Waals surface area contributed by atoms with E-state index in [2.05, 4.69) is 6.58 Å². The van der Waals surface area contributed by atoms with Crippen LogP contribution in [0, 0.1) is 0 Å². The van der Waals surface area contributed by atoms with E-state index in [1.807, 2.05) is 6.07 Å². The van der Waals surface area contributed by atoms with Crippen LogP contribution in [0.4, 0.5) is 0 Å². The molecule has 0 amide bonds. The van der Waals surface area contributed by atoms with E-state index < -0.39 is 0 Å². The number of hydrogen-bond donors (Lipinski definition) is 1. The van der Waals surface area contributed by atoms with Crippen LogP contribution in [0.1, 0.15) is 18.1 Å². The van der Waals surface area contributed by atoms with Gasteiger partial charge in [0.1, 0.15) is 6.10 Å². The molecule has 3 heteroatoms. The van der Waals surface area contributed by atoms with Gasteiger partial charge in [-0.15, -0.1) is 0 Å². The van der Waals surface area contributed by atoms with Crippen molar-refractivity contribution >= 4 is 0 Å². The number of benzene rings is 1. The highest BCUT2D eigenvalue weighted by molar-refractivity contribution is 5.44. The fourth-order valence-electron chi connectivity index (χ4n) is 1.75. The zero-order valence-corrected chi connectivity index (χ0v) is 8.69. The van der Waals surface area contributed by atoms with Crippen LogP contribution in [0.2, 0.25) is 0 Å². The molecule has 1 atom stereocenters. The number of phenolic OH excluding ortho intramolecular Hbond substituents is 1. The molecule has 80 valence electrons. The maximum atomic E-state index is 9.46. The van der Waals surface area contributed by atoms with E-state index in [0.717, 1.165) is 17.6 Å². The SMILES string of the molecule is C=C1CCOC1c1ccc(O)c(OC)c1. The zero-order valence-electron chi connectivity index (χ0n) is 8.69. The fourth-order valence-corrected chi connectivity index (χ4v) is 1.75. The number of methoxy groups -OCH3 is 1.